The zero-order chi connectivity index (χ0) is 22.5. The number of ether oxygens (including phenoxy) is 1. The van der Waals surface area contributed by atoms with E-state index in [1.807, 2.05) is 42.5 Å². The first-order valence-electron chi connectivity index (χ1n) is 11.5. The molecule has 0 bridgehead atoms. The van der Waals surface area contributed by atoms with Crippen molar-refractivity contribution in [1.29, 1.82) is 0 Å². The lowest BCUT2D eigenvalue weighted by Gasteiger charge is -2.53. The summed E-state index contributed by atoms with van der Waals surface area (Å²) >= 11 is 0. The molecule has 0 aliphatic heterocycles. The minimum absolute atomic E-state index is 0.144. The summed E-state index contributed by atoms with van der Waals surface area (Å²) in [6, 6.07) is 9.45. The minimum atomic E-state index is -0.629. The van der Waals surface area contributed by atoms with Crippen molar-refractivity contribution in [3.63, 3.8) is 0 Å². The van der Waals surface area contributed by atoms with Crippen LogP contribution in [-0.2, 0) is 20.9 Å². The molecule has 0 aromatic heterocycles. The average molecular weight is 432 g/mol. The van der Waals surface area contributed by atoms with Crippen LogP contribution in [0.25, 0.3) is 0 Å². The van der Waals surface area contributed by atoms with E-state index in [1.54, 1.807) is 6.08 Å². The predicted octanol–water partition coefficient (Wildman–Crippen LogP) is 4.89. The lowest BCUT2D eigenvalue weighted by molar-refractivity contribution is -0.130. The smallest absolute Gasteiger partial charge is 0.412 e. The first kappa shape index (κ1) is 20.9. The highest BCUT2D eigenvalue weighted by Gasteiger charge is 2.58. The maximum atomic E-state index is 12.7. The van der Waals surface area contributed by atoms with Crippen molar-refractivity contribution in [1.82, 2.24) is 5.32 Å². The molecule has 0 spiro atoms. The van der Waals surface area contributed by atoms with E-state index >= 15 is 0 Å². The van der Waals surface area contributed by atoms with Gasteiger partial charge in [0, 0.05) is 17.3 Å². The molecular weight excluding hydrogens is 402 g/mol. The van der Waals surface area contributed by atoms with Gasteiger partial charge in [-0.1, -0.05) is 62.4 Å². The van der Waals surface area contributed by atoms with E-state index in [2.05, 4.69) is 25.2 Å². The molecular formula is C27H29NO4. The van der Waals surface area contributed by atoms with Crippen LogP contribution in [0.15, 0.2) is 65.9 Å². The van der Waals surface area contributed by atoms with Gasteiger partial charge in [-0.25, -0.2) is 4.79 Å². The highest BCUT2D eigenvalue weighted by atomic mass is 16.5. The van der Waals surface area contributed by atoms with E-state index in [0.717, 1.165) is 30.4 Å². The van der Waals surface area contributed by atoms with Gasteiger partial charge in [0.1, 0.15) is 12.4 Å². The molecule has 166 valence electrons. The first-order chi connectivity index (χ1) is 15.3. The third-order valence-electron chi connectivity index (χ3n) is 8.41. The van der Waals surface area contributed by atoms with Crippen LogP contribution in [0.4, 0.5) is 4.79 Å². The number of nitrogens with one attached hydrogen (secondary N) is 1. The molecule has 5 rings (SSSR count). The summed E-state index contributed by atoms with van der Waals surface area (Å²) in [7, 11) is 0. The summed E-state index contributed by atoms with van der Waals surface area (Å²) in [6.07, 6.45) is 10.6. The Kier molecular flexibility index (Phi) is 4.95. The Morgan fingerprint density at radius 2 is 1.88 bits per heavy atom. The zero-order valence-corrected chi connectivity index (χ0v) is 18.6. The molecule has 5 nitrogen and oxygen atoms in total. The largest absolute Gasteiger partial charge is 0.444 e. The number of benzene rings is 1. The Morgan fingerprint density at radius 3 is 2.66 bits per heavy atom. The number of hydrogen-bond donors (Lipinski definition) is 1. The van der Waals surface area contributed by atoms with Crippen molar-refractivity contribution >= 4 is 17.7 Å². The van der Waals surface area contributed by atoms with E-state index in [9.17, 15) is 14.4 Å². The Bertz CT molecular complexity index is 1070. The molecule has 4 aliphatic rings. The van der Waals surface area contributed by atoms with E-state index in [-0.39, 0.29) is 23.2 Å². The predicted molar refractivity (Wildman–Crippen MR) is 120 cm³/mol. The topological polar surface area (TPSA) is 72.5 Å². The average Bonchev–Trinajstić information content (AvgIpc) is 3.10. The molecule has 5 heteroatoms. The molecule has 0 heterocycles. The van der Waals surface area contributed by atoms with Gasteiger partial charge in [0.15, 0.2) is 0 Å². The molecule has 0 saturated heterocycles. The van der Waals surface area contributed by atoms with Gasteiger partial charge in [-0.2, -0.15) is 0 Å². The standard InChI is InChI=1S/C27H29NO4/c1-26-15-13-22(29)24(28-25(31)32-16-17-6-4-3-5-7-17)21(26)9-8-18-19-10-11-23(30)27(19,2)14-12-20(18)26/h3-9,13,15,18-20H,10-12,14,16H2,1-2H3,(H,28,31)/t18-,19-,20-,26+,27-/m0/s1. The van der Waals surface area contributed by atoms with Crippen molar-refractivity contribution in [2.45, 2.75) is 46.1 Å². The van der Waals surface area contributed by atoms with Crippen LogP contribution in [0.3, 0.4) is 0 Å². The van der Waals surface area contributed by atoms with Crippen LogP contribution < -0.4 is 5.32 Å². The van der Waals surface area contributed by atoms with Gasteiger partial charge < -0.3 is 4.74 Å². The summed E-state index contributed by atoms with van der Waals surface area (Å²) in [5.74, 6) is 1.14. The third-order valence-corrected chi connectivity index (χ3v) is 8.41. The van der Waals surface area contributed by atoms with E-state index < -0.39 is 6.09 Å². The minimum Gasteiger partial charge on any atom is -0.444 e. The highest BCUT2D eigenvalue weighted by molar-refractivity contribution is 6.08. The van der Waals surface area contributed by atoms with E-state index in [4.69, 9.17) is 4.74 Å². The lowest BCUT2D eigenvalue weighted by Crippen LogP contribution is -2.49. The normalized spacial score (nSPS) is 35.2. The molecule has 5 atom stereocenters. The third kappa shape index (κ3) is 3.17. The Hall–Kier alpha value is -2.95. The molecule has 1 aromatic rings. The number of carbonyl (C=O) groups excluding carboxylic acids is 3. The van der Waals surface area contributed by atoms with E-state index in [0.29, 0.717) is 35.7 Å². The molecule has 4 aliphatic carbocycles. The number of allylic oxidation sites excluding steroid dienone is 5. The summed E-state index contributed by atoms with van der Waals surface area (Å²) < 4.78 is 5.36. The number of amides is 1. The SMILES string of the molecule is C[C@]12C=CC(=O)C(NC(=O)OCc3ccccc3)=C1C=C[C@@H]1[C@@H]2CC[C@]2(C)C(=O)CC[C@@H]12. The number of ketones is 2. The second kappa shape index (κ2) is 7.58. The lowest BCUT2D eigenvalue weighted by atomic mass is 9.50. The summed E-state index contributed by atoms with van der Waals surface area (Å²) in [6.45, 7) is 4.44. The molecule has 2 saturated carbocycles. The van der Waals surface area contributed by atoms with Crippen LogP contribution >= 0.6 is 0 Å². The van der Waals surface area contributed by atoms with Gasteiger partial charge in [-0.05, 0) is 54.2 Å². The fourth-order valence-corrected chi connectivity index (χ4v) is 6.54. The summed E-state index contributed by atoms with van der Waals surface area (Å²) in [5.41, 5.74) is 1.45. The maximum absolute atomic E-state index is 12.7. The second-order valence-electron chi connectivity index (χ2n) is 10.0. The molecule has 1 aromatic carbocycles. The highest BCUT2D eigenvalue weighted by Crippen LogP contribution is 2.62. The van der Waals surface area contributed by atoms with Gasteiger partial charge in [-0.15, -0.1) is 0 Å². The van der Waals surface area contributed by atoms with Crippen LogP contribution in [-0.4, -0.2) is 17.7 Å². The fraction of sp³-hybridized carbons (Fsp3) is 0.444. The van der Waals surface area contributed by atoms with Crippen LogP contribution in [0, 0.1) is 28.6 Å². The maximum Gasteiger partial charge on any atom is 0.412 e. The summed E-state index contributed by atoms with van der Waals surface area (Å²) in [5, 5.41) is 2.73. The van der Waals surface area contributed by atoms with Crippen molar-refractivity contribution in [3.05, 3.63) is 71.5 Å². The van der Waals surface area contributed by atoms with Gasteiger partial charge in [0.2, 0.25) is 5.78 Å². The number of alkyl carbamates (subject to hydrolysis) is 1. The number of fused-ring (bicyclic) bond motifs is 5. The molecule has 1 N–H and O–H groups in total. The Labute approximate surface area is 188 Å². The summed E-state index contributed by atoms with van der Waals surface area (Å²) in [4.78, 5) is 37.9. The number of carbonyl (C=O) groups is 3. The molecule has 0 unspecified atom stereocenters. The van der Waals surface area contributed by atoms with Gasteiger partial charge in [0.25, 0.3) is 0 Å². The van der Waals surface area contributed by atoms with Gasteiger partial charge >= 0.3 is 6.09 Å². The second-order valence-corrected chi connectivity index (χ2v) is 10.0. The fourth-order valence-electron chi connectivity index (χ4n) is 6.54. The van der Waals surface area contributed by atoms with Crippen molar-refractivity contribution in [3.8, 4) is 0 Å². The molecule has 32 heavy (non-hydrogen) atoms. The molecule has 0 radical (unpaired) electrons. The van der Waals surface area contributed by atoms with Crippen LogP contribution in [0.1, 0.15) is 45.1 Å². The Balaban J connectivity index is 1.41. The number of rotatable bonds is 3. The van der Waals surface area contributed by atoms with Gasteiger partial charge in [0.05, 0.1) is 5.70 Å². The zero-order valence-electron chi connectivity index (χ0n) is 18.6. The van der Waals surface area contributed by atoms with Crippen molar-refractivity contribution in [2.75, 3.05) is 0 Å². The monoisotopic (exact) mass is 431 g/mol. The van der Waals surface area contributed by atoms with Crippen LogP contribution in [0.2, 0.25) is 0 Å². The Morgan fingerprint density at radius 1 is 1.09 bits per heavy atom. The first-order valence-corrected chi connectivity index (χ1v) is 11.5. The molecule has 2 fully saturated rings. The number of hydrogen-bond acceptors (Lipinski definition) is 4. The quantitative estimate of drug-likeness (QED) is 0.739. The van der Waals surface area contributed by atoms with E-state index in [1.165, 1.54) is 0 Å². The van der Waals surface area contributed by atoms with Crippen molar-refractivity contribution < 1.29 is 19.1 Å². The van der Waals surface area contributed by atoms with Crippen molar-refractivity contribution in [2.24, 2.45) is 28.6 Å². The molecule has 1 amide bonds. The van der Waals surface area contributed by atoms with Gasteiger partial charge in [-0.3, -0.25) is 14.9 Å². The van der Waals surface area contributed by atoms with Crippen LogP contribution in [0.5, 0.6) is 0 Å². The number of Topliss-reactive ketones (excluding diaryl/α,β-unsaturated/α-hetero) is 1.